The van der Waals surface area contributed by atoms with E-state index in [0.717, 1.165) is 0 Å². The molecule has 0 amide bonds. The minimum absolute atomic E-state index is 0.00296. The van der Waals surface area contributed by atoms with Crippen molar-refractivity contribution >= 4 is 23.5 Å². The van der Waals surface area contributed by atoms with Crippen LogP contribution in [0, 0.1) is 11.3 Å². The number of carbonyl (C=O) groups excluding carboxylic acids is 2. The number of allylic oxidation sites excluding steroid dienone is 2. The Morgan fingerprint density at radius 1 is 1.12 bits per heavy atom. The van der Waals surface area contributed by atoms with Gasteiger partial charge in [-0.05, 0) is 39.3 Å². The van der Waals surface area contributed by atoms with E-state index in [1.807, 2.05) is 6.07 Å². The van der Waals surface area contributed by atoms with E-state index in [2.05, 4.69) is 0 Å². The zero-order valence-corrected chi connectivity index (χ0v) is 19.1. The van der Waals surface area contributed by atoms with Gasteiger partial charge < -0.3 is 29.4 Å². The van der Waals surface area contributed by atoms with Crippen LogP contribution in [0.3, 0.4) is 0 Å². The predicted octanol–water partition coefficient (Wildman–Crippen LogP) is 3.33. The fourth-order valence-corrected chi connectivity index (χ4v) is 3.42. The molecule has 0 radical (unpaired) electrons. The van der Waals surface area contributed by atoms with Crippen molar-refractivity contribution in [2.24, 2.45) is 5.73 Å². The Bertz CT molecular complexity index is 995. The Morgan fingerprint density at radius 3 is 2.38 bits per heavy atom. The summed E-state index contributed by atoms with van der Waals surface area (Å²) in [7, 11) is 0. The number of hydrogen-bond acceptors (Lipinski definition) is 9. The number of ether oxygens (including phenoxy) is 5. The molecule has 0 aromatic heterocycles. The second-order valence-corrected chi connectivity index (χ2v) is 6.87. The van der Waals surface area contributed by atoms with Gasteiger partial charge in [0.05, 0.1) is 31.3 Å². The van der Waals surface area contributed by atoms with E-state index in [4.69, 9.17) is 41.0 Å². The second-order valence-electron chi connectivity index (χ2n) is 6.46. The molecule has 9 nitrogen and oxygen atoms in total. The second kappa shape index (κ2) is 11.3. The molecular weight excluding hydrogens is 440 g/mol. The molecule has 172 valence electrons. The van der Waals surface area contributed by atoms with Crippen LogP contribution in [0.25, 0.3) is 0 Å². The average Bonchev–Trinajstić information content (AvgIpc) is 2.73. The maximum absolute atomic E-state index is 12.7. The summed E-state index contributed by atoms with van der Waals surface area (Å²) in [5.41, 5.74) is 6.40. The summed E-state index contributed by atoms with van der Waals surface area (Å²) in [5, 5.41) is 9.89. The van der Waals surface area contributed by atoms with Crippen LogP contribution in [-0.4, -0.2) is 38.4 Å². The molecule has 2 rings (SSSR count). The highest BCUT2D eigenvalue weighted by Gasteiger charge is 2.38. The Labute approximate surface area is 191 Å². The largest absolute Gasteiger partial charge is 0.490 e. The van der Waals surface area contributed by atoms with Crippen molar-refractivity contribution in [1.82, 2.24) is 0 Å². The molecule has 0 fully saturated rings. The number of carbonyl (C=O) groups is 2. The summed E-state index contributed by atoms with van der Waals surface area (Å²) in [4.78, 5) is 24.4. The Hall–Kier alpha value is -3.38. The van der Waals surface area contributed by atoms with Gasteiger partial charge in [-0.2, -0.15) is 5.26 Å². The fraction of sp³-hybridized carbons (Fsp3) is 0.409. The average molecular weight is 465 g/mol. The van der Waals surface area contributed by atoms with Crippen molar-refractivity contribution < 1.29 is 33.3 Å². The lowest BCUT2D eigenvalue weighted by atomic mass is 9.83. The number of esters is 2. The molecule has 1 heterocycles. The van der Waals surface area contributed by atoms with Crippen molar-refractivity contribution in [3.63, 3.8) is 0 Å². The summed E-state index contributed by atoms with van der Waals surface area (Å²) in [5.74, 6) is -1.63. The lowest BCUT2D eigenvalue weighted by molar-refractivity contribution is -0.145. The van der Waals surface area contributed by atoms with Gasteiger partial charge in [0.2, 0.25) is 5.88 Å². The van der Waals surface area contributed by atoms with E-state index in [1.54, 1.807) is 33.8 Å². The first-order chi connectivity index (χ1) is 15.3. The maximum atomic E-state index is 12.7. The number of nitrogens with two attached hydrogens (primary N) is 1. The molecule has 1 atom stereocenters. The molecule has 1 aliphatic heterocycles. The fourth-order valence-electron chi connectivity index (χ4n) is 3.16. The molecule has 1 aromatic carbocycles. The molecule has 32 heavy (non-hydrogen) atoms. The van der Waals surface area contributed by atoms with E-state index in [-0.39, 0.29) is 65.7 Å². The zero-order chi connectivity index (χ0) is 23.8. The molecule has 1 aromatic rings. The summed E-state index contributed by atoms with van der Waals surface area (Å²) in [6.45, 7) is 6.96. The Balaban J connectivity index is 2.60. The summed E-state index contributed by atoms with van der Waals surface area (Å²) in [6.07, 6.45) is 0. The minimum atomic E-state index is -0.946. The number of benzene rings is 1. The number of nitriles is 1. The van der Waals surface area contributed by atoms with Crippen LogP contribution in [0.4, 0.5) is 0 Å². The van der Waals surface area contributed by atoms with Gasteiger partial charge >= 0.3 is 11.9 Å². The first-order valence-corrected chi connectivity index (χ1v) is 10.4. The molecule has 1 aliphatic rings. The molecule has 0 spiro atoms. The van der Waals surface area contributed by atoms with Crippen molar-refractivity contribution in [3.8, 4) is 17.6 Å². The third-order valence-electron chi connectivity index (χ3n) is 4.43. The number of hydrogen-bond donors (Lipinski definition) is 1. The highest BCUT2D eigenvalue weighted by molar-refractivity contribution is 6.31. The van der Waals surface area contributed by atoms with Crippen molar-refractivity contribution in [1.29, 1.82) is 5.26 Å². The van der Waals surface area contributed by atoms with Gasteiger partial charge in [0, 0.05) is 11.1 Å². The first-order valence-electron chi connectivity index (χ1n) is 9.98. The lowest BCUT2D eigenvalue weighted by Crippen LogP contribution is -2.26. The van der Waals surface area contributed by atoms with Gasteiger partial charge in [-0.25, -0.2) is 9.59 Å². The van der Waals surface area contributed by atoms with Crippen LogP contribution >= 0.6 is 11.6 Å². The van der Waals surface area contributed by atoms with Crippen LogP contribution in [0.5, 0.6) is 11.5 Å². The summed E-state index contributed by atoms with van der Waals surface area (Å²) < 4.78 is 26.6. The standard InChI is InChI=1S/C22H25ClN2O7/c1-5-28-16-8-13(15(23)9-17(16)31-11-18(26)29-6-2)20-14(10-24)21(25)32-12(4)19(20)22(27)30-7-3/h8-9,20H,5-7,11,25H2,1-4H3. The van der Waals surface area contributed by atoms with Crippen molar-refractivity contribution in [3.05, 3.63) is 45.5 Å². The smallest absolute Gasteiger partial charge is 0.344 e. The van der Waals surface area contributed by atoms with Gasteiger partial charge in [-0.15, -0.1) is 0 Å². The molecule has 0 saturated carbocycles. The van der Waals surface area contributed by atoms with Crippen LogP contribution in [0.1, 0.15) is 39.2 Å². The van der Waals surface area contributed by atoms with Crippen molar-refractivity contribution in [2.45, 2.75) is 33.6 Å². The predicted molar refractivity (Wildman–Crippen MR) is 115 cm³/mol. The molecule has 2 N–H and O–H groups in total. The quantitative estimate of drug-likeness (QED) is 0.546. The highest BCUT2D eigenvalue weighted by atomic mass is 35.5. The molecule has 0 saturated heterocycles. The van der Waals surface area contributed by atoms with Gasteiger partial charge in [-0.1, -0.05) is 11.6 Å². The lowest BCUT2D eigenvalue weighted by Gasteiger charge is -2.28. The minimum Gasteiger partial charge on any atom is -0.490 e. The van der Waals surface area contributed by atoms with Crippen LogP contribution in [-0.2, 0) is 23.8 Å². The third-order valence-corrected chi connectivity index (χ3v) is 4.75. The van der Waals surface area contributed by atoms with Gasteiger partial charge in [-0.3, -0.25) is 0 Å². The number of rotatable bonds is 9. The van der Waals surface area contributed by atoms with Crippen LogP contribution in [0.2, 0.25) is 5.02 Å². The molecule has 0 aliphatic carbocycles. The SMILES string of the molecule is CCOC(=O)COc1cc(Cl)c(C2C(C#N)=C(N)OC(C)=C2C(=O)OCC)cc1OCC. The molecular formula is C22H25ClN2O7. The summed E-state index contributed by atoms with van der Waals surface area (Å²) in [6, 6.07) is 4.98. The molecule has 0 bridgehead atoms. The van der Waals surface area contributed by atoms with Crippen LogP contribution < -0.4 is 15.2 Å². The van der Waals surface area contributed by atoms with Gasteiger partial charge in [0.15, 0.2) is 18.1 Å². The number of nitrogens with zero attached hydrogens (tertiary/aromatic N) is 1. The van der Waals surface area contributed by atoms with Gasteiger partial charge in [0.1, 0.15) is 17.4 Å². The highest BCUT2D eigenvalue weighted by Crippen LogP contribution is 2.45. The van der Waals surface area contributed by atoms with E-state index in [0.29, 0.717) is 5.56 Å². The Kier molecular flexibility index (Phi) is 8.79. The van der Waals surface area contributed by atoms with E-state index in [9.17, 15) is 14.9 Å². The van der Waals surface area contributed by atoms with Gasteiger partial charge in [0.25, 0.3) is 0 Å². The monoisotopic (exact) mass is 464 g/mol. The van der Waals surface area contributed by atoms with E-state index < -0.39 is 17.9 Å². The molecule has 10 heteroatoms. The third kappa shape index (κ3) is 5.45. The topological polar surface area (TPSA) is 130 Å². The van der Waals surface area contributed by atoms with Crippen LogP contribution in [0.15, 0.2) is 34.9 Å². The normalized spacial score (nSPS) is 15.6. The zero-order valence-electron chi connectivity index (χ0n) is 18.3. The summed E-state index contributed by atoms with van der Waals surface area (Å²) >= 11 is 6.54. The van der Waals surface area contributed by atoms with E-state index in [1.165, 1.54) is 6.07 Å². The maximum Gasteiger partial charge on any atom is 0.344 e. The van der Waals surface area contributed by atoms with E-state index >= 15 is 0 Å². The van der Waals surface area contributed by atoms with Crippen molar-refractivity contribution in [2.75, 3.05) is 26.4 Å². The first kappa shape index (κ1) is 24.9. The number of halogens is 1. The Morgan fingerprint density at radius 2 is 1.78 bits per heavy atom. The molecule has 1 unspecified atom stereocenters.